The molecule has 1 N–H and O–H groups in total. The maximum atomic E-state index is 13.2. The van der Waals surface area contributed by atoms with Crippen molar-refractivity contribution in [3.63, 3.8) is 0 Å². The number of benzene rings is 2. The molecule has 0 fully saturated rings. The van der Waals surface area contributed by atoms with Crippen LogP contribution in [0.5, 0.6) is 0 Å². The summed E-state index contributed by atoms with van der Waals surface area (Å²) in [6.07, 6.45) is 0.993. The van der Waals surface area contributed by atoms with Crippen LogP contribution in [0.3, 0.4) is 0 Å². The van der Waals surface area contributed by atoms with Crippen molar-refractivity contribution in [3.05, 3.63) is 62.0 Å². The molecule has 1 aromatic heterocycles. The summed E-state index contributed by atoms with van der Waals surface area (Å²) in [5, 5.41) is 15.9. The highest BCUT2D eigenvalue weighted by Gasteiger charge is 2.27. The molecule has 0 amide bonds. The van der Waals surface area contributed by atoms with E-state index in [0.29, 0.717) is 15.8 Å². The summed E-state index contributed by atoms with van der Waals surface area (Å²) in [6, 6.07) is 14.4. The van der Waals surface area contributed by atoms with Gasteiger partial charge >= 0.3 is 0 Å². The van der Waals surface area contributed by atoms with E-state index in [1.165, 1.54) is 11.3 Å². The van der Waals surface area contributed by atoms with E-state index in [1.807, 2.05) is 29.6 Å². The second-order valence-electron chi connectivity index (χ2n) is 6.59. The predicted molar refractivity (Wildman–Crippen MR) is 114 cm³/mol. The number of pyridine rings is 1. The Morgan fingerprint density at radius 3 is 2.81 bits per heavy atom. The van der Waals surface area contributed by atoms with Gasteiger partial charge in [0.25, 0.3) is 0 Å². The highest BCUT2D eigenvalue weighted by atomic mass is 79.9. The molecule has 0 saturated carbocycles. The van der Waals surface area contributed by atoms with E-state index in [-0.39, 0.29) is 5.43 Å². The van der Waals surface area contributed by atoms with Crippen LogP contribution in [0.15, 0.2) is 51.0 Å². The van der Waals surface area contributed by atoms with Gasteiger partial charge in [0.15, 0.2) is 0 Å². The monoisotopic (exact) mass is 435 g/mol. The number of rotatable bonds is 1. The zero-order valence-corrected chi connectivity index (χ0v) is 16.7. The number of nitriles is 1. The van der Waals surface area contributed by atoms with Crippen molar-refractivity contribution in [2.24, 2.45) is 0 Å². The summed E-state index contributed by atoms with van der Waals surface area (Å²) in [5.74, 6) is 0.827. The van der Waals surface area contributed by atoms with E-state index in [1.54, 1.807) is 0 Å². The van der Waals surface area contributed by atoms with Gasteiger partial charge in [0.1, 0.15) is 11.9 Å². The SMILES string of the molecule is N#Cc1c2cc(-c3ccc(Br)cc3)n3c(c-2c(=O)c2sccc12)NCCC3. The van der Waals surface area contributed by atoms with Crippen molar-refractivity contribution in [2.75, 3.05) is 11.9 Å². The third-order valence-corrected chi connectivity index (χ3v) is 6.53. The Hall–Kier alpha value is -2.62. The number of fused-ring (bicyclic) bond motifs is 4. The van der Waals surface area contributed by atoms with Crippen LogP contribution in [0.25, 0.3) is 32.5 Å². The minimum absolute atomic E-state index is 0.00880. The molecule has 1 aromatic carbocycles. The molecule has 0 bridgehead atoms. The van der Waals surface area contributed by atoms with Crippen molar-refractivity contribution >= 4 is 43.2 Å². The molecular formula is C21H14BrN3OS. The third-order valence-electron chi connectivity index (χ3n) is 5.09. The Morgan fingerprint density at radius 2 is 2.04 bits per heavy atom. The van der Waals surface area contributed by atoms with Gasteiger partial charge in [0.2, 0.25) is 5.43 Å². The first-order valence-electron chi connectivity index (χ1n) is 8.69. The molecule has 0 atom stereocenters. The van der Waals surface area contributed by atoms with Crippen LogP contribution in [-0.4, -0.2) is 11.1 Å². The number of nitrogens with zero attached hydrogens (tertiary/aromatic N) is 2. The lowest BCUT2D eigenvalue weighted by Crippen LogP contribution is -2.24. The Balaban J connectivity index is 1.97. The maximum Gasteiger partial charge on any atom is 0.207 e. The molecule has 2 aromatic rings. The zero-order valence-electron chi connectivity index (χ0n) is 14.3. The quantitative estimate of drug-likeness (QED) is 0.442. The highest BCUT2D eigenvalue weighted by Crippen LogP contribution is 2.40. The summed E-state index contributed by atoms with van der Waals surface area (Å²) in [5.41, 5.74) is 4.02. The first kappa shape index (κ1) is 16.5. The molecule has 5 rings (SSSR count). The molecule has 0 spiro atoms. The fraction of sp³-hybridized carbons (Fsp3) is 0.143. The Bertz CT molecular complexity index is 1260. The number of nitrogens with one attached hydrogen (secondary N) is 1. The summed E-state index contributed by atoms with van der Waals surface area (Å²) < 4.78 is 3.85. The summed E-state index contributed by atoms with van der Waals surface area (Å²) in [7, 11) is 0. The van der Waals surface area contributed by atoms with Crippen LogP contribution in [0.2, 0.25) is 0 Å². The lowest BCUT2D eigenvalue weighted by molar-refractivity contribution is 0.631. The van der Waals surface area contributed by atoms with Crippen molar-refractivity contribution in [1.29, 1.82) is 5.26 Å². The first-order chi connectivity index (χ1) is 13.2. The van der Waals surface area contributed by atoms with Crippen molar-refractivity contribution < 1.29 is 0 Å². The molecule has 3 heterocycles. The maximum absolute atomic E-state index is 13.2. The second kappa shape index (κ2) is 6.22. The topological polar surface area (TPSA) is 57.8 Å². The summed E-state index contributed by atoms with van der Waals surface area (Å²) in [6.45, 7) is 1.66. The van der Waals surface area contributed by atoms with E-state index in [9.17, 15) is 10.1 Å². The van der Waals surface area contributed by atoms with Gasteiger partial charge in [-0.05, 0) is 41.6 Å². The zero-order chi connectivity index (χ0) is 18.5. The van der Waals surface area contributed by atoms with Crippen LogP contribution in [0, 0.1) is 11.3 Å². The van der Waals surface area contributed by atoms with E-state index in [0.717, 1.165) is 52.0 Å². The Kier molecular flexibility index (Phi) is 3.81. The van der Waals surface area contributed by atoms with E-state index < -0.39 is 0 Å². The van der Waals surface area contributed by atoms with E-state index >= 15 is 0 Å². The van der Waals surface area contributed by atoms with E-state index in [4.69, 9.17) is 0 Å². The van der Waals surface area contributed by atoms with Gasteiger partial charge in [0, 0.05) is 28.5 Å². The number of halogens is 1. The fourth-order valence-corrected chi connectivity index (χ4v) is 4.99. The Labute approximate surface area is 168 Å². The number of aromatic nitrogens is 1. The number of hydrogen-bond donors (Lipinski definition) is 1. The van der Waals surface area contributed by atoms with Gasteiger partial charge in [-0.25, -0.2) is 0 Å². The van der Waals surface area contributed by atoms with Crippen LogP contribution >= 0.6 is 27.3 Å². The Morgan fingerprint density at radius 1 is 1.22 bits per heavy atom. The molecule has 0 unspecified atom stereocenters. The second-order valence-corrected chi connectivity index (χ2v) is 8.42. The minimum Gasteiger partial charge on any atom is -0.371 e. The molecule has 1 aliphatic carbocycles. The van der Waals surface area contributed by atoms with Gasteiger partial charge in [-0.2, -0.15) is 5.26 Å². The molecular weight excluding hydrogens is 422 g/mol. The molecule has 27 heavy (non-hydrogen) atoms. The largest absolute Gasteiger partial charge is 0.371 e. The third kappa shape index (κ3) is 2.43. The number of hydrogen-bond acceptors (Lipinski definition) is 4. The van der Waals surface area contributed by atoms with Crippen molar-refractivity contribution in [3.8, 4) is 28.5 Å². The lowest BCUT2D eigenvalue weighted by atomic mass is 9.92. The van der Waals surface area contributed by atoms with Crippen LogP contribution in [0.4, 0.5) is 5.82 Å². The summed E-state index contributed by atoms with van der Waals surface area (Å²) in [4.78, 5) is 13.2. The van der Waals surface area contributed by atoms with Gasteiger partial charge in [0.05, 0.1) is 21.5 Å². The predicted octanol–water partition coefficient (Wildman–Crippen LogP) is 5.28. The molecule has 0 radical (unpaired) electrons. The molecule has 4 nitrogen and oxygen atoms in total. The van der Waals surface area contributed by atoms with Gasteiger partial charge in [-0.15, -0.1) is 11.3 Å². The van der Waals surface area contributed by atoms with E-state index in [2.05, 4.69) is 44.0 Å². The van der Waals surface area contributed by atoms with Crippen molar-refractivity contribution in [1.82, 2.24) is 4.57 Å². The molecule has 6 heteroatoms. The lowest BCUT2D eigenvalue weighted by Gasteiger charge is -2.28. The fourth-order valence-electron chi connectivity index (χ4n) is 3.88. The molecule has 3 aliphatic rings. The minimum atomic E-state index is 0.00880. The summed E-state index contributed by atoms with van der Waals surface area (Å²) >= 11 is 4.89. The van der Waals surface area contributed by atoms with Gasteiger partial charge < -0.3 is 9.88 Å². The standard InChI is InChI=1S/C21H14BrN3OS/c22-13-4-2-12(3-5-13)17-10-15-16(11-23)14-6-9-27-20(14)19(26)18(15)21-24-7-1-8-25(17)21/h2-6,9-10,24H,1,7-8H2. The van der Waals surface area contributed by atoms with Crippen LogP contribution in [0.1, 0.15) is 12.0 Å². The average Bonchev–Trinajstić information content (AvgIpc) is 3.18. The van der Waals surface area contributed by atoms with Crippen LogP contribution < -0.4 is 10.7 Å². The normalized spacial score (nSPS) is 13.3. The van der Waals surface area contributed by atoms with Gasteiger partial charge in [-0.1, -0.05) is 28.1 Å². The number of thiophene rings is 1. The van der Waals surface area contributed by atoms with Crippen LogP contribution in [-0.2, 0) is 6.54 Å². The number of anilines is 1. The average molecular weight is 436 g/mol. The molecule has 2 aliphatic heterocycles. The van der Waals surface area contributed by atoms with Gasteiger partial charge in [-0.3, -0.25) is 4.79 Å². The molecule has 132 valence electrons. The molecule has 0 saturated heterocycles. The first-order valence-corrected chi connectivity index (χ1v) is 10.4. The van der Waals surface area contributed by atoms with Crippen molar-refractivity contribution in [2.45, 2.75) is 13.0 Å². The highest BCUT2D eigenvalue weighted by molar-refractivity contribution is 9.10. The smallest absolute Gasteiger partial charge is 0.207 e.